The number of alkyl halides is 2. The lowest BCUT2D eigenvalue weighted by Crippen LogP contribution is -2.42. The molecule has 1 atom stereocenters. The molecule has 0 aliphatic rings. The van der Waals surface area contributed by atoms with Gasteiger partial charge in [0, 0.05) is 11.6 Å². The number of carbonyl (C=O) groups excluding carboxylic acids is 1. The van der Waals surface area contributed by atoms with Gasteiger partial charge >= 0.3 is 0 Å². The molecule has 0 aromatic carbocycles. The molecule has 0 saturated carbocycles. The first-order valence-electron chi connectivity index (χ1n) is 4.84. The Bertz CT molecular complexity index is 352. The summed E-state index contributed by atoms with van der Waals surface area (Å²) < 4.78 is 25.2. The Labute approximate surface area is 96.9 Å². The van der Waals surface area contributed by atoms with Crippen molar-refractivity contribution in [2.75, 3.05) is 0 Å². The van der Waals surface area contributed by atoms with Gasteiger partial charge in [-0.2, -0.15) is 0 Å². The van der Waals surface area contributed by atoms with E-state index in [1.54, 1.807) is 18.5 Å². The topological polar surface area (TPSA) is 42.0 Å². The van der Waals surface area contributed by atoms with Crippen molar-refractivity contribution >= 4 is 17.2 Å². The van der Waals surface area contributed by atoms with Crippen molar-refractivity contribution < 1.29 is 13.6 Å². The molecule has 1 N–H and O–H groups in total. The van der Waals surface area contributed by atoms with Crippen molar-refractivity contribution in [1.82, 2.24) is 10.3 Å². The number of aromatic nitrogens is 1. The first-order valence-corrected chi connectivity index (χ1v) is 5.72. The molecular weight excluding hydrogens is 234 g/mol. The highest BCUT2D eigenvalue weighted by molar-refractivity contribution is 7.09. The predicted molar refractivity (Wildman–Crippen MR) is 58.5 cm³/mol. The number of rotatable bonds is 4. The second-order valence-electron chi connectivity index (χ2n) is 4.09. The number of hydrogen-bond acceptors (Lipinski definition) is 3. The maximum Gasteiger partial charge on any atom is 0.252 e. The molecule has 0 unspecified atom stereocenters. The molecule has 6 heteroatoms. The van der Waals surface area contributed by atoms with Crippen molar-refractivity contribution in [3.8, 4) is 0 Å². The molecule has 0 aliphatic carbocycles. The summed E-state index contributed by atoms with van der Waals surface area (Å²) in [6, 6.07) is -0.342. The van der Waals surface area contributed by atoms with Crippen LogP contribution in [0.2, 0.25) is 0 Å². The SMILES string of the molecule is C[C@H](NC(=O)C(C)(C)C(F)F)c1nccs1. The summed E-state index contributed by atoms with van der Waals surface area (Å²) >= 11 is 1.38. The number of hydrogen-bond donors (Lipinski definition) is 1. The van der Waals surface area contributed by atoms with Crippen molar-refractivity contribution in [3.63, 3.8) is 0 Å². The van der Waals surface area contributed by atoms with E-state index >= 15 is 0 Å². The smallest absolute Gasteiger partial charge is 0.252 e. The molecule has 0 bridgehead atoms. The Morgan fingerprint density at radius 3 is 2.62 bits per heavy atom. The van der Waals surface area contributed by atoms with Gasteiger partial charge in [-0.05, 0) is 20.8 Å². The lowest BCUT2D eigenvalue weighted by Gasteiger charge is -2.24. The second kappa shape index (κ2) is 4.86. The summed E-state index contributed by atoms with van der Waals surface area (Å²) in [6.07, 6.45) is -1.07. The third-order valence-electron chi connectivity index (χ3n) is 2.30. The fourth-order valence-electron chi connectivity index (χ4n) is 0.992. The van der Waals surface area contributed by atoms with Gasteiger partial charge < -0.3 is 5.32 Å². The zero-order valence-corrected chi connectivity index (χ0v) is 10.1. The summed E-state index contributed by atoms with van der Waals surface area (Å²) in [5.74, 6) is -0.662. The number of amides is 1. The van der Waals surface area contributed by atoms with Crippen LogP contribution in [-0.2, 0) is 4.79 Å². The summed E-state index contributed by atoms with van der Waals surface area (Å²) in [4.78, 5) is 15.6. The highest BCUT2D eigenvalue weighted by atomic mass is 32.1. The normalized spacial score (nSPS) is 13.9. The van der Waals surface area contributed by atoms with Gasteiger partial charge in [-0.1, -0.05) is 0 Å². The molecule has 0 spiro atoms. The molecule has 1 rings (SSSR count). The molecule has 0 radical (unpaired) electrons. The average molecular weight is 248 g/mol. The molecule has 0 aliphatic heterocycles. The molecule has 1 aromatic heterocycles. The zero-order valence-electron chi connectivity index (χ0n) is 9.33. The quantitative estimate of drug-likeness (QED) is 0.890. The molecule has 3 nitrogen and oxygen atoms in total. The van der Waals surface area contributed by atoms with Crippen LogP contribution in [0.3, 0.4) is 0 Å². The lowest BCUT2D eigenvalue weighted by molar-refractivity contribution is -0.138. The first-order chi connectivity index (χ1) is 7.35. The molecular formula is C10H14F2N2OS. The molecule has 90 valence electrons. The van der Waals surface area contributed by atoms with Crippen LogP contribution >= 0.6 is 11.3 Å². The van der Waals surface area contributed by atoms with Gasteiger partial charge in [0.15, 0.2) is 0 Å². The van der Waals surface area contributed by atoms with Crippen LogP contribution in [0.4, 0.5) is 8.78 Å². The zero-order chi connectivity index (χ0) is 12.3. The Balaban J connectivity index is 2.65. The van der Waals surface area contributed by atoms with E-state index < -0.39 is 17.7 Å². The van der Waals surface area contributed by atoms with E-state index in [1.807, 2.05) is 0 Å². The van der Waals surface area contributed by atoms with Crippen LogP contribution < -0.4 is 5.32 Å². The minimum Gasteiger partial charge on any atom is -0.346 e. The number of nitrogens with one attached hydrogen (secondary N) is 1. The molecule has 1 heterocycles. The van der Waals surface area contributed by atoms with Crippen LogP contribution in [0.25, 0.3) is 0 Å². The Morgan fingerprint density at radius 1 is 1.56 bits per heavy atom. The number of nitrogens with zero attached hydrogens (tertiary/aromatic N) is 1. The molecule has 16 heavy (non-hydrogen) atoms. The average Bonchev–Trinajstić information content (AvgIpc) is 2.69. The Kier molecular flexibility index (Phi) is 3.96. The van der Waals surface area contributed by atoms with Crippen LogP contribution in [0.5, 0.6) is 0 Å². The Hall–Kier alpha value is -1.04. The summed E-state index contributed by atoms with van der Waals surface area (Å²) in [5.41, 5.74) is -1.68. The third-order valence-corrected chi connectivity index (χ3v) is 3.26. The van der Waals surface area contributed by atoms with Crippen molar-refractivity contribution in [1.29, 1.82) is 0 Å². The predicted octanol–water partition coefficient (Wildman–Crippen LogP) is 2.61. The summed E-state index contributed by atoms with van der Waals surface area (Å²) in [6.45, 7) is 4.17. The van der Waals surface area contributed by atoms with Crippen LogP contribution in [0, 0.1) is 5.41 Å². The fraction of sp³-hybridized carbons (Fsp3) is 0.600. The fourth-order valence-corrected chi connectivity index (χ4v) is 1.64. The van der Waals surface area contributed by atoms with Gasteiger partial charge in [-0.3, -0.25) is 4.79 Å². The monoisotopic (exact) mass is 248 g/mol. The van der Waals surface area contributed by atoms with Crippen LogP contribution in [0.1, 0.15) is 31.8 Å². The van der Waals surface area contributed by atoms with E-state index in [0.29, 0.717) is 5.01 Å². The maximum absolute atomic E-state index is 12.6. The maximum atomic E-state index is 12.6. The number of carbonyl (C=O) groups is 1. The largest absolute Gasteiger partial charge is 0.346 e. The molecule has 1 amide bonds. The van der Waals surface area contributed by atoms with E-state index in [2.05, 4.69) is 10.3 Å². The van der Waals surface area contributed by atoms with Gasteiger partial charge in [0.2, 0.25) is 5.91 Å². The molecule has 1 aromatic rings. The summed E-state index contributed by atoms with van der Waals surface area (Å²) in [5, 5.41) is 5.01. The third kappa shape index (κ3) is 2.75. The lowest BCUT2D eigenvalue weighted by atomic mass is 9.93. The van der Waals surface area contributed by atoms with Gasteiger partial charge in [0.1, 0.15) is 10.4 Å². The van der Waals surface area contributed by atoms with Crippen molar-refractivity contribution in [3.05, 3.63) is 16.6 Å². The van der Waals surface area contributed by atoms with E-state index in [1.165, 1.54) is 25.2 Å². The van der Waals surface area contributed by atoms with E-state index in [4.69, 9.17) is 0 Å². The summed E-state index contributed by atoms with van der Waals surface area (Å²) in [7, 11) is 0. The second-order valence-corrected chi connectivity index (χ2v) is 5.01. The highest BCUT2D eigenvalue weighted by Gasteiger charge is 2.38. The number of halogens is 2. The minimum atomic E-state index is -2.68. The van der Waals surface area contributed by atoms with E-state index in [-0.39, 0.29) is 6.04 Å². The van der Waals surface area contributed by atoms with Crippen LogP contribution in [0.15, 0.2) is 11.6 Å². The molecule has 0 fully saturated rings. The van der Waals surface area contributed by atoms with Gasteiger partial charge in [0.05, 0.1) is 6.04 Å². The minimum absolute atomic E-state index is 0.342. The van der Waals surface area contributed by atoms with E-state index in [0.717, 1.165) is 0 Å². The Morgan fingerprint density at radius 2 is 2.19 bits per heavy atom. The number of thiazole rings is 1. The van der Waals surface area contributed by atoms with Crippen molar-refractivity contribution in [2.45, 2.75) is 33.2 Å². The van der Waals surface area contributed by atoms with Crippen molar-refractivity contribution in [2.24, 2.45) is 5.41 Å². The van der Waals surface area contributed by atoms with E-state index in [9.17, 15) is 13.6 Å². The van der Waals surface area contributed by atoms with Gasteiger partial charge in [-0.25, -0.2) is 13.8 Å². The van der Waals surface area contributed by atoms with Gasteiger partial charge in [0.25, 0.3) is 6.43 Å². The standard InChI is InChI=1S/C10H14F2N2OS/c1-6(7-13-4-5-16-7)14-9(15)10(2,3)8(11)12/h4-6,8H,1-3H3,(H,14,15)/t6-/m0/s1. The van der Waals surface area contributed by atoms with Crippen LogP contribution in [-0.4, -0.2) is 17.3 Å². The first kappa shape index (κ1) is 13.0. The van der Waals surface area contributed by atoms with Gasteiger partial charge in [-0.15, -0.1) is 11.3 Å². The highest BCUT2D eigenvalue weighted by Crippen LogP contribution is 2.26. The molecule has 0 saturated heterocycles.